The number of rotatable bonds is 5. The van der Waals surface area contributed by atoms with Gasteiger partial charge >= 0.3 is 0 Å². The molecule has 114 valence electrons. The van der Waals surface area contributed by atoms with Gasteiger partial charge in [0, 0.05) is 6.04 Å². The first-order valence-electron chi connectivity index (χ1n) is 8.04. The Morgan fingerprint density at radius 1 is 0.750 bits per heavy atom. The highest BCUT2D eigenvalue weighted by molar-refractivity contribution is 5.50. The second-order valence-corrected chi connectivity index (χ2v) is 6.68. The van der Waals surface area contributed by atoms with Gasteiger partial charge in [0.25, 0.3) is 0 Å². The highest BCUT2D eigenvalue weighted by Crippen LogP contribution is 2.36. The van der Waals surface area contributed by atoms with Crippen LogP contribution >= 0.6 is 0 Å². The van der Waals surface area contributed by atoms with Crippen molar-refractivity contribution in [1.82, 2.24) is 5.32 Å². The molecule has 1 N–H and O–H groups in total. The molecule has 1 aromatic carbocycles. The summed E-state index contributed by atoms with van der Waals surface area (Å²) >= 11 is 0. The zero-order valence-electron chi connectivity index (χ0n) is 14.9. The van der Waals surface area contributed by atoms with E-state index in [1.807, 2.05) is 0 Å². The summed E-state index contributed by atoms with van der Waals surface area (Å²) in [7, 11) is 0. The molecular formula is C19H33N. The Balaban J connectivity index is 3.48. The molecule has 0 aromatic heterocycles. The molecule has 1 aromatic rings. The van der Waals surface area contributed by atoms with E-state index in [-0.39, 0.29) is 0 Å². The van der Waals surface area contributed by atoms with E-state index in [1.54, 1.807) is 0 Å². The van der Waals surface area contributed by atoms with Gasteiger partial charge in [-0.2, -0.15) is 0 Å². The van der Waals surface area contributed by atoms with Gasteiger partial charge in [-0.25, -0.2) is 0 Å². The number of nitrogens with one attached hydrogen (secondary N) is 1. The van der Waals surface area contributed by atoms with E-state index in [0.29, 0.717) is 17.9 Å². The zero-order chi connectivity index (χ0) is 15.6. The number of hydrogen-bond donors (Lipinski definition) is 1. The first-order valence-corrected chi connectivity index (χ1v) is 8.04. The third-order valence-corrected chi connectivity index (χ3v) is 5.37. The minimum Gasteiger partial charge on any atom is -0.310 e. The van der Waals surface area contributed by atoms with Crippen LogP contribution in [0.2, 0.25) is 0 Å². The average Bonchev–Trinajstić information content (AvgIpc) is 2.41. The van der Waals surface area contributed by atoms with Crippen molar-refractivity contribution in [3.63, 3.8) is 0 Å². The van der Waals surface area contributed by atoms with Crippen LogP contribution < -0.4 is 5.32 Å². The van der Waals surface area contributed by atoms with Crippen LogP contribution in [-0.4, -0.2) is 6.54 Å². The van der Waals surface area contributed by atoms with Gasteiger partial charge in [0.15, 0.2) is 0 Å². The van der Waals surface area contributed by atoms with Crippen molar-refractivity contribution in [2.75, 3.05) is 6.54 Å². The van der Waals surface area contributed by atoms with Gasteiger partial charge in [-0.3, -0.25) is 0 Å². The zero-order valence-corrected chi connectivity index (χ0v) is 14.9. The lowest BCUT2D eigenvalue weighted by Crippen LogP contribution is -2.31. The highest BCUT2D eigenvalue weighted by Gasteiger charge is 2.26. The number of hydrogen-bond acceptors (Lipinski definition) is 1. The smallest absolute Gasteiger partial charge is 0.0353 e. The Bertz CT molecular complexity index is 442. The maximum Gasteiger partial charge on any atom is 0.0353 e. The van der Waals surface area contributed by atoms with Crippen molar-refractivity contribution in [2.45, 2.75) is 68.4 Å². The Morgan fingerprint density at radius 2 is 1.15 bits per heavy atom. The maximum absolute atomic E-state index is 3.74. The Hall–Kier alpha value is -0.820. The molecule has 1 rings (SSSR count). The molecule has 0 saturated heterocycles. The van der Waals surface area contributed by atoms with Crippen molar-refractivity contribution in [2.24, 2.45) is 11.8 Å². The van der Waals surface area contributed by atoms with Crippen molar-refractivity contribution in [3.8, 4) is 0 Å². The molecular weight excluding hydrogens is 242 g/mol. The Morgan fingerprint density at radius 3 is 1.50 bits per heavy atom. The second kappa shape index (κ2) is 6.76. The predicted molar refractivity (Wildman–Crippen MR) is 90.5 cm³/mol. The molecule has 2 atom stereocenters. The summed E-state index contributed by atoms with van der Waals surface area (Å²) in [5.41, 5.74) is 8.86. The maximum atomic E-state index is 3.74. The first-order chi connectivity index (χ1) is 9.23. The normalized spacial score (nSPS) is 14.7. The standard InChI is InChI=1S/C19H33N/c1-10-20-19(12(4)11(2)3)18-16(8)14(6)13(5)15(7)17(18)9/h11-12,19-20H,10H2,1-9H3. The molecule has 2 unspecified atom stereocenters. The fourth-order valence-corrected chi connectivity index (χ4v) is 3.15. The van der Waals surface area contributed by atoms with Gasteiger partial charge in [-0.05, 0) is 86.4 Å². The van der Waals surface area contributed by atoms with Gasteiger partial charge in [0.1, 0.15) is 0 Å². The van der Waals surface area contributed by atoms with E-state index < -0.39 is 0 Å². The predicted octanol–water partition coefficient (Wildman–Crippen LogP) is 5.17. The van der Waals surface area contributed by atoms with Crippen LogP contribution in [0.1, 0.15) is 67.1 Å². The van der Waals surface area contributed by atoms with Gasteiger partial charge < -0.3 is 5.32 Å². The summed E-state index contributed by atoms with van der Waals surface area (Å²) in [5.74, 6) is 1.31. The molecule has 0 amide bonds. The van der Waals surface area contributed by atoms with Crippen LogP contribution in [0.25, 0.3) is 0 Å². The molecule has 0 aliphatic carbocycles. The Kier molecular flexibility index (Phi) is 5.82. The summed E-state index contributed by atoms with van der Waals surface area (Å²) < 4.78 is 0. The van der Waals surface area contributed by atoms with Crippen LogP contribution in [0.15, 0.2) is 0 Å². The summed E-state index contributed by atoms with van der Waals surface area (Å²) in [6.45, 7) is 21.6. The minimum atomic E-state index is 0.456. The fourth-order valence-electron chi connectivity index (χ4n) is 3.15. The van der Waals surface area contributed by atoms with Crippen molar-refractivity contribution < 1.29 is 0 Å². The second-order valence-electron chi connectivity index (χ2n) is 6.68. The lowest BCUT2D eigenvalue weighted by Gasteiger charge is -2.32. The molecule has 1 heteroatoms. The number of benzene rings is 1. The lowest BCUT2D eigenvalue weighted by molar-refractivity contribution is 0.305. The summed E-state index contributed by atoms with van der Waals surface area (Å²) in [5, 5.41) is 3.74. The molecule has 1 nitrogen and oxygen atoms in total. The summed E-state index contributed by atoms with van der Waals surface area (Å²) in [4.78, 5) is 0. The van der Waals surface area contributed by atoms with Crippen LogP contribution in [0.5, 0.6) is 0 Å². The van der Waals surface area contributed by atoms with Crippen LogP contribution in [0.3, 0.4) is 0 Å². The van der Waals surface area contributed by atoms with Crippen molar-refractivity contribution in [1.29, 1.82) is 0 Å². The van der Waals surface area contributed by atoms with Gasteiger partial charge in [-0.15, -0.1) is 0 Å². The topological polar surface area (TPSA) is 12.0 Å². The minimum absolute atomic E-state index is 0.456. The van der Waals surface area contributed by atoms with Gasteiger partial charge in [-0.1, -0.05) is 27.7 Å². The van der Waals surface area contributed by atoms with E-state index in [1.165, 1.54) is 33.4 Å². The van der Waals surface area contributed by atoms with E-state index >= 15 is 0 Å². The molecule has 0 spiro atoms. The highest BCUT2D eigenvalue weighted by atomic mass is 14.9. The van der Waals surface area contributed by atoms with Crippen molar-refractivity contribution >= 4 is 0 Å². The largest absolute Gasteiger partial charge is 0.310 e. The van der Waals surface area contributed by atoms with Crippen LogP contribution in [0.4, 0.5) is 0 Å². The first kappa shape index (κ1) is 17.2. The Labute approximate surface area is 126 Å². The van der Waals surface area contributed by atoms with Gasteiger partial charge in [0.05, 0.1) is 0 Å². The molecule has 0 radical (unpaired) electrons. The SMILES string of the molecule is CCNC(c1c(C)c(C)c(C)c(C)c1C)C(C)C(C)C. The summed E-state index contributed by atoms with van der Waals surface area (Å²) in [6.07, 6.45) is 0. The monoisotopic (exact) mass is 275 g/mol. The fraction of sp³-hybridized carbons (Fsp3) is 0.684. The molecule has 0 aliphatic rings. The average molecular weight is 275 g/mol. The van der Waals surface area contributed by atoms with E-state index in [9.17, 15) is 0 Å². The van der Waals surface area contributed by atoms with Crippen LogP contribution in [-0.2, 0) is 0 Å². The summed E-state index contributed by atoms with van der Waals surface area (Å²) in [6, 6.07) is 0.456. The molecule has 20 heavy (non-hydrogen) atoms. The molecule has 0 fully saturated rings. The molecule has 0 bridgehead atoms. The molecule has 0 heterocycles. The van der Waals surface area contributed by atoms with Gasteiger partial charge in [0.2, 0.25) is 0 Å². The van der Waals surface area contributed by atoms with Crippen LogP contribution in [0, 0.1) is 46.5 Å². The van der Waals surface area contributed by atoms with E-state index in [2.05, 4.69) is 67.6 Å². The molecule has 0 aliphatic heterocycles. The quantitative estimate of drug-likeness (QED) is 0.781. The van der Waals surface area contributed by atoms with E-state index in [4.69, 9.17) is 0 Å². The third kappa shape index (κ3) is 3.09. The van der Waals surface area contributed by atoms with Crippen molar-refractivity contribution in [3.05, 3.63) is 33.4 Å². The molecule has 0 saturated carbocycles. The van der Waals surface area contributed by atoms with E-state index in [0.717, 1.165) is 6.54 Å². The third-order valence-electron chi connectivity index (χ3n) is 5.37. The lowest BCUT2D eigenvalue weighted by atomic mass is 9.79.